The van der Waals surface area contributed by atoms with Gasteiger partial charge in [0.15, 0.2) is 6.29 Å². The number of nitrogens with one attached hydrogen (secondary N) is 2. The lowest BCUT2D eigenvalue weighted by Crippen LogP contribution is -2.58. The first-order valence-corrected chi connectivity index (χ1v) is 9.25. The molecule has 2 rings (SSSR count). The summed E-state index contributed by atoms with van der Waals surface area (Å²) in [5, 5.41) is 5.39. The molecule has 0 fully saturated rings. The molecule has 2 N–H and O–H groups in total. The zero-order valence-corrected chi connectivity index (χ0v) is 16.4. The molecule has 1 heterocycles. The molecule has 6 heteroatoms. The van der Waals surface area contributed by atoms with Crippen LogP contribution < -0.4 is 15.4 Å². The van der Waals surface area contributed by atoms with Crippen molar-refractivity contribution in [1.82, 2.24) is 10.6 Å². The Morgan fingerprint density at radius 3 is 2.75 bits per heavy atom. The monoisotopic (exact) mass is 398 g/mol. The maximum Gasteiger partial charge on any atom is 0.315 e. The molecule has 0 bridgehead atoms. The van der Waals surface area contributed by atoms with Gasteiger partial charge in [0.1, 0.15) is 11.3 Å². The minimum absolute atomic E-state index is 0.0935. The van der Waals surface area contributed by atoms with E-state index in [4.69, 9.17) is 4.74 Å². The number of amides is 2. The quantitative estimate of drug-likeness (QED) is 0.736. The molecule has 2 unspecified atom stereocenters. The number of ether oxygens (including phenoxy) is 1. The Labute approximate surface area is 152 Å². The first kappa shape index (κ1) is 20.5. The van der Waals surface area contributed by atoms with Gasteiger partial charge in [-0.15, -0.1) is 0 Å². The van der Waals surface area contributed by atoms with Crippen molar-refractivity contribution in [3.8, 4) is 5.75 Å². The molecule has 0 saturated carbocycles. The van der Waals surface area contributed by atoms with E-state index in [-0.39, 0.29) is 11.9 Å². The average Bonchev–Trinajstić information content (AvgIpc) is 2.62. The van der Waals surface area contributed by atoms with Crippen molar-refractivity contribution in [2.75, 3.05) is 13.7 Å². The van der Waals surface area contributed by atoms with Crippen LogP contribution in [-0.2, 0) is 10.3 Å². The summed E-state index contributed by atoms with van der Waals surface area (Å²) in [6.07, 6.45) is 3.65. The number of rotatable bonds is 5. The summed E-state index contributed by atoms with van der Waals surface area (Å²) in [6, 6.07) is 5.15. The summed E-state index contributed by atoms with van der Waals surface area (Å²) in [6.45, 7) is 6.51. The van der Waals surface area contributed by atoms with E-state index in [1.54, 1.807) is 0 Å². The van der Waals surface area contributed by atoms with E-state index in [0.717, 1.165) is 30.0 Å². The smallest absolute Gasteiger partial charge is 0.315 e. The Morgan fingerprint density at radius 2 is 2.17 bits per heavy atom. The Kier molecular flexibility index (Phi) is 8.25. The van der Waals surface area contributed by atoms with Crippen LogP contribution in [0.15, 0.2) is 22.7 Å². The molecular weight excluding hydrogens is 372 g/mol. The van der Waals surface area contributed by atoms with Crippen LogP contribution in [0, 0.1) is 5.92 Å². The predicted octanol–water partition coefficient (Wildman–Crippen LogP) is 4.00. The number of unbranched alkanes of at least 4 members (excludes halogenated alkanes) is 1. The molecule has 1 aliphatic rings. The van der Waals surface area contributed by atoms with E-state index in [0.29, 0.717) is 17.9 Å². The van der Waals surface area contributed by atoms with Crippen molar-refractivity contribution in [1.29, 1.82) is 0 Å². The average molecular weight is 399 g/mol. The fraction of sp³-hybridized carbons (Fsp3) is 0.556. The number of fused-ring (bicyclic) bond motifs is 1. The highest BCUT2D eigenvalue weighted by Crippen LogP contribution is 2.42. The third kappa shape index (κ3) is 4.29. The minimum Gasteiger partial charge on any atom is -0.493 e. The van der Waals surface area contributed by atoms with Gasteiger partial charge in [-0.1, -0.05) is 49.5 Å². The van der Waals surface area contributed by atoms with Gasteiger partial charge in [-0.05, 0) is 24.6 Å². The fourth-order valence-electron chi connectivity index (χ4n) is 2.86. The topological polar surface area (TPSA) is 67.4 Å². The zero-order valence-electron chi connectivity index (χ0n) is 14.8. The number of hydrogen-bond acceptors (Lipinski definition) is 3. The summed E-state index contributed by atoms with van der Waals surface area (Å²) in [5.41, 5.74) is -0.361. The molecule has 1 aliphatic heterocycles. The van der Waals surface area contributed by atoms with Crippen LogP contribution in [0.25, 0.3) is 0 Å². The standard InChI is InChI=1S/C16H21BrN2O3.C2H6/c1-3-4-5-11-9-22-14-7-6-12(17)8-13(14)16(11,10-20)19-15(21)18-2;1-2/h6-8,10-11H,3-5,9H2,1-2H3,(H2,18,19,21);1-2H3. The lowest BCUT2D eigenvalue weighted by Gasteiger charge is -2.41. The predicted molar refractivity (Wildman–Crippen MR) is 99.3 cm³/mol. The highest BCUT2D eigenvalue weighted by atomic mass is 79.9. The van der Waals surface area contributed by atoms with Crippen molar-refractivity contribution in [3.05, 3.63) is 28.2 Å². The van der Waals surface area contributed by atoms with Crippen molar-refractivity contribution < 1.29 is 14.3 Å². The molecule has 0 spiro atoms. The summed E-state index contributed by atoms with van der Waals surface area (Å²) in [7, 11) is 1.54. The molecule has 2 amide bonds. The van der Waals surface area contributed by atoms with Crippen LogP contribution >= 0.6 is 15.9 Å². The van der Waals surface area contributed by atoms with E-state index >= 15 is 0 Å². The van der Waals surface area contributed by atoms with Gasteiger partial charge in [-0.2, -0.15) is 0 Å². The Hall–Kier alpha value is -1.56. The van der Waals surface area contributed by atoms with E-state index in [9.17, 15) is 9.59 Å². The molecule has 1 aromatic carbocycles. The lowest BCUT2D eigenvalue weighted by atomic mass is 9.75. The second-order valence-corrected chi connectivity index (χ2v) is 6.40. The number of carbonyl (C=O) groups excluding carboxylic acids is 2. The summed E-state index contributed by atoms with van der Waals surface area (Å²) in [4.78, 5) is 24.0. The summed E-state index contributed by atoms with van der Waals surface area (Å²) in [5.74, 6) is 0.545. The molecule has 0 aliphatic carbocycles. The number of hydrogen-bond donors (Lipinski definition) is 2. The van der Waals surface area contributed by atoms with Gasteiger partial charge in [-0.25, -0.2) is 4.79 Å². The van der Waals surface area contributed by atoms with Crippen LogP contribution in [0.4, 0.5) is 4.79 Å². The maximum absolute atomic E-state index is 12.1. The lowest BCUT2D eigenvalue weighted by molar-refractivity contribution is -0.117. The van der Waals surface area contributed by atoms with Crippen LogP contribution in [0.5, 0.6) is 5.75 Å². The largest absolute Gasteiger partial charge is 0.493 e. The first-order valence-electron chi connectivity index (χ1n) is 8.46. The van der Waals surface area contributed by atoms with Crippen molar-refractivity contribution in [3.63, 3.8) is 0 Å². The minimum atomic E-state index is -1.06. The van der Waals surface area contributed by atoms with Crippen LogP contribution in [0.3, 0.4) is 0 Å². The molecule has 24 heavy (non-hydrogen) atoms. The number of carbonyl (C=O) groups is 2. The van der Waals surface area contributed by atoms with Gasteiger partial charge in [0.05, 0.1) is 6.61 Å². The van der Waals surface area contributed by atoms with Gasteiger partial charge in [-0.3, -0.25) is 0 Å². The summed E-state index contributed by atoms with van der Waals surface area (Å²) < 4.78 is 6.65. The van der Waals surface area contributed by atoms with E-state index in [2.05, 4.69) is 33.5 Å². The summed E-state index contributed by atoms with van der Waals surface area (Å²) >= 11 is 3.43. The highest BCUT2D eigenvalue weighted by molar-refractivity contribution is 9.10. The maximum atomic E-state index is 12.1. The number of benzene rings is 1. The first-order chi connectivity index (χ1) is 11.6. The molecule has 5 nitrogen and oxygen atoms in total. The second-order valence-electron chi connectivity index (χ2n) is 5.48. The molecule has 0 saturated heterocycles. The molecule has 0 radical (unpaired) electrons. The van der Waals surface area contributed by atoms with E-state index < -0.39 is 5.54 Å². The third-order valence-electron chi connectivity index (χ3n) is 4.11. The van der Waals surface area contributed by atoms with E-state index in [1.807, 2.05) is 32.0 Å². The van der Waals surface area contributed by atoms with E-state index in [1.165, 1.54) is 7.05 Å². The third-order valence-corrected chi connectivity index (χ3v) is 4.60. The molecule has 2 atom stereocenters. The number of urea groups is 1. The van der Waals surface area contributed by atoms with Crippen molar-refractivity contribution in [2.45, 2.75) is 45.6 Å². The van der Waals surface area contributed by atoms with Crippen LogP contribution in [-0.4, -0.2) is 26.0 Å². The van der Waals surface area contributed by atoms with Gasteiger partial charge in [0.25, 0.3) is 0 Å². The van der Waals surface area contributed by atoms with Gasteiger partial charge >= 0.3 is 6.03 Å². The molecule has 1 aromatic rings. The fourth-order valence-corrected chi connectivity index (χ4v) is 3.22. The Bertz CT molecular complexity index is 565. The molecular formula is C18H27BrN2O3. The van der Waals surface area contributed by atoms with Gasteiger partial charge in [0, 0.05) is 23.0 Å². The molecule has 134 valence electrons. The van der Waals surface area contributed by atoms with Gasteiger partial charge < -0.3 is 20.2 Å². The normalized spacial score (nSPS) is 21.5. The number of aldehydes is 1. The SMILES string of the molecule is CC.CCCCC1COc2ccc(Br)cc2C1(C=O)NC(=O)NC. The highest BCUT2D eigenvalue weighted by Gasteiger charge is 2.46. The van der Waals surface area contributed by atoms with Crippen LogP contribution in [0.1, 0.15) is 45.6 Å². The zero-order chi connectivity index (χ0) is 18.2. The number of halogens is 1. The Morgan fingerprint density at radius 1 is 1.46 bits per heavy atom. The van der Waals surface area contributed by atoms with Crippen molar-refractivity contribution in [2.24, 2.45) is 5.92 Å². The molecule has 0 aromatic heterocycles. The van der Waals surface area contributed by atoms with Crippen molar-refractivity contribution >= 4 is 28.2 Å². The second kappa shape index (κ2) is 9.67. The van der Waals surface area contributed by atoms with Crippen LogP contribution in [0.2, 0.25) is 0 Å². The Balaban J connectivity index is 0.00000139. The van der Waals surface area contributed by atoms with Gasteiger partial charge in [0.2, 0.25) is 0 Å².